The Bertz CT molecular complexity index is 2210. The van der Waals surface area contributed by atoms with Gasteiger partial charge in [-0.3, -0.25) is 9.53 Å². The van der Waals surface area contributed by atoms with Crippen LogP contribution in [0.25, 0.3) is 0 Å². The van der Waals surface area contributed by atoms with E-state index >= 15 is 4.79 Å². The van der Waals surface area contributed by atoms with Crippen LogP contribution in [0.1, 0.15) is 90.9 Å². The van der Waals surface area contributed by atoms with Crippen LogP contribution in [0, 0.1) is 45.8 Å². The Morgan fingerprint density at radius 3 is 2.17 bits per heavy atom. The minimum absolute atomic E-state index is 0.0308. The smallest absolute Gasteiger partial charge is 0.318 e. The fourth-order valence-electron chi connectivity index (χ4n) is 13.4. The fourth-order valence-corrected chi connectivity index (χ4v) is 14.7. The van der Waals surface area contributed by atoms with E-state index in [1.165, 1.54) is 6.29 Å². The number of hydrogen-bond acceptors (Lipinski definition) is 10. The molecule has 4 saturated heterocycles. The van der Waals surface area contributed by atoms with Crippen LogP contribution in [-0.2, 0) is 42.4 Å². The van der Waals surface area contributed by atoms with Crippen molar-refractivity contribution in [2.75, 3.05) is 19.8 Å². The number of aldehydes is 1. The normalized spacial score (nSPS) is 37.5. The summed E-state index contributed by atoms with van der Waals surface area (Å²) >= 11 is 0. The van der Waals surface area contributed by atoms with Gasteiger partial charge in [0, 0.05) is 11.8 Å². The highest BCUT2D eigenvalue weighted by Crippen LogP contribution is 2.83. The third kappa shape index (κ3) is 6.83. The molecule has 348 valence electrons. The van der Waals surface area contributed by atoms with E-state index in [4.69, 9.17) is 37.6 Å². The number of allylic oxidation sites excluding steroid dienone is 1. The maximum absolute atomic E-state index is 16.2. The number of para-hydroxylation sites is 1. The summed E-state index contributed by atoms with van der Waals surface area (Å²) in [6.07, 6.45) is 3.69. The number of esters is 1. The molecular weight excluding hydrogens is 837 g/mol. The van der Waals surface area contributed by atoms with Crippen LogP contribution in [0.3, 0.4) is 0 Å². The minimum Gasteiger partial charge on any atom is -0.494 e. The minimum atomic E-state index is -2.52. The van der Waals surface area contributed by atoms with Crippen LogP contribution < -0.4 is 4.74 Å². The van der Waals surface area contributed by atoms with Crippen molar-refractivity contribution in [3.05, 3.63) is 114 Å². The standard InChI is InChI=1S/C54H68O10Si/c1-34(2)42-29-38-30-51(32-55)41-26-25-35(3)40(41)31-52(38,53(42,51)49(56)61-43(36-19-12-9-13-20-36)37-21-14-10-15-22-37)33-59-54-47(64-65(7,8)50(4,5)6)45-44(46(62-54)48(60-45)63-54)58-28-18-27-57-39-23-16-11-17-24-39/h9-17,19-24,29,32,34-35,38,40-41,43-48H,18,25-28,30-31,33H2,1-8H3. The SMILES string of the molecule is CC(C)C1=CC2CC3(C=O)C4CCC(C)C4CC2(COC24OC5OC(C(OCCCOc6ccccc6)C5O2)C4O[Si](C)(C)C(C)(C)C)C13C(=O)OC(c1ccccc1)c1ccccc1. The molecular formula is C54H68O10Si. The summed E-state index contributed by atoms with van der Waals surface area (Å²) in [5, 5.41) is -0.153. The van der Waals surface area contributed by atoms with E-state index in [0.717, 1.165) is 41.7 Å². The molecule has 65 heavy (non-hydrogen) atoms. The molecule has 10 nitrogen and oxygen atoms in total. The van der Waals surface area contributed by atoms with Gasteiger partial charge in [0.1, 0.15) is 35.8 Å². The lowest BCUT2D eigenvalue weighted by Crippen LogP contribution is -2.68. The van der Waals surface area contributed by atoms with Gasteiger partial charge in [0.25, 0.3) is 0 Å². The fraction of sp³-hybridized carbons (Fsp3) is 0.593. The van der Waals surface area contributed by atoms with E-state index in [9.17, 15) is 4.79 Å². The van der Waals surface area contributed by atoms with Crippen molar-refractivity contribution in [1.29, 1.82) is 0 Å². The summed E-state index contributed by atoms with van der Waals surface area (Å²) < 4.78 is 54.8. The lowest BCUT2D eigenvalue weighted by atomic mass is 9.43. The van der Waals surface area contributed by atoms with Crippen molar-refractivity contribution >= 4 is 20.6 Å². The van der Waals surface area contributed by atoms with Gasteiger partial charge in [-0.05, 0) is 90.2 Å². The van der Waals surface area contributed by atoms with Crippen LogP contribution in [0.4, 0.5) is 0 Å². The summed E-state index contributed by atoms with van der Waals surface area (Å²) in [5.41, 5.74) is -0.364. The van der Waals surface area contributed by atoms with Crippen LogP contribution in [-0.4, -0.2) is 77.1 Å². The highest BCUT2D eigenvalue weighted by atomic mass is 28.4. The molecule has 3 aromatic carbocycles. The van der Waals surface area contributed by atoms with Gasteiger partial charge in [-0.25, -0.2) is 0 Å². The van der Waals surface area contributed by atoms with Crippen LogP contribution in [0.15, 0.2) is 103 Å². The van der Waals surface area contributed by atoms with Gasteiger partial charge in [-0.15, -0.1) is 0 Å². The maximum atomic E-state index is 16.2. The van der Waals surface area contributed by atoms with Gasteiger partial charge in [-0.2, -0.15) is 0 Å². The number of rotatable bonds is 17. The number of hydrogen-bond donors (Lipinski definition) is 0. The molecule has 8 bridgehead atoms. The third-order valence-electron chi connectivity index (χ3n) is 17.3. The molecule has 8 aliphatic rings. The first kappa shape index (κ1) is 45.1. The molecule has 0 radical (unpaired) electrons. The van der Waals surface area contributed by atoms with Crippen molar-refractivity contribution in [2.45, 2.75) is 135 Å². The van der Waals surface area contributed by atoms with Gasteiger partial charge in [0.05, 0.1) is 25.2 Å². The third-order valence-corrected chi connectivity index (χ3v) is 21.8. The Morgan fingerprint density at radius 2 is 1.54 bits per heavy atom. The Hall–Kier alpha value is -3.68. The van der Waals surface area contributed by atoms with E-state index in [1.54, 1.807) is 0 Å². The molecule has 0 aromatic heterocycles. The van der Waals surface area contributed by atoms with Crippen LogP contribution in [0.5, 0.6) is 5.75 Å². The highest BCUT2D eigenvalue weighted by Gasteiger charge is 2.85. The average Bonchev–Trinajstić information content (AvgIpc) is 4.03. The molecule has 11 rings (SSSR count). The van der Waals surface area contributed by atoms with Gasteiger partial charge in [-0.1, -0.05) is 138 Å². The van der Waals surface area contributed by atoms with E-state index in [0.29, 0.717) is 32.0 Å². The Labute approximate surface area is 386 Å². The molecule has 3 aromatic rings. The van der Waals surface area contributed by atoms with Crippen molar-refractivity contribution in [2.24, 2.45) is 45.8 Å². The molecule has 0 spiro atoms. The van der Waals surface area contributed by atoms with Gasteiger partial charge < -0.3 is 37.6 Å². The molecule has 13 unspecified atom stereocenters. The zero-order valence-corrected chi connectivity index (χ0v) is 40.4. The monoisotopic (exact) mass is 904 g/mol. The van der Waals surface area contributed by atoms with Gasteiger partial charge >= 0.3 is 11.9 Å². The lowest BCUT2D eigenvalue weighted by Gasteiger charge is -2.59. The highest BCUT2D eigenvalue weighted by molar-refractivity contribution is 6.74. The number of benzene rings is 3. The molecule has 4 aliphatic carbocycles. The second-order valence-corrected chi connectivity index (χ2v) is 26.8. The van der Waals surface area contributed by atoms with Crippen molar-refractivity contribution < 1.29 is 47.2 Å². The first-order chi connectivity index (χ1) is 31.1. The summed E-state index contributed by atoms with van der Waals surface area (Å²) in [4.78, 5) is 30.7. The van der Waals surface area contributed by atoms with E-state index in [-0.39, 0.29) is 41.3 Å². The molecule has 4 heterocycles. The van der Waals surface area contributed by atoms with Gasteiger partial charge in [0.2, 0.25) is 0 Å². The molecule has 0 amide bonds. The Kier molecular flexibility index (Phi) is 11.5. The summed E-state index contributed by atoms with van der Waals surface area (Å²) in [5.74, 6) is -0.632. The van der Waals surface area contributed by atoms with E-state index < -0.39 is 67.3 Å². The predicted molar refractivity (Wildman–Crippen MR) is 247 cm³/mol. The number of carbonyl (C=O) groups excluding carboxylic acids is 2. The zero-order valence-electron chi connectivity index (χ0n) is 39.4. The first-order valence-corrected chi connectivity index (χ1v) is 27.1. The first-order valence-electron chi connectivity index (χ1n) is 24.2. The predicted octanol–water partition coefficient (Wildman–Crippen LogP) is 10.2. The second-order valence-electron chi connectivity index (χ2n) is 22.0. The number of fused-ring (bicyclic) bond motifs is 2. The van der Waals surface area contributed by atoms with E-state index in [2.05, 4.69) is 60.7 Å². The molecule has 3 saturated carbocycles. The largest absolute Gasteiger partial charge is 0.494 e. The average molecular weight is 905 g/mol. The summed E-state index contributed by atoms with van der Waals surface area (Å²) in [6.45, 7) is 18.7. The van der Waals surface area contributed by atoms with Crippen molar-refractivity contribution in [3.8, 4) is 5.75 Å². The van der Waals surface area contributed by atoms with Crippen LogP contribution >= 0.6 is 0 Å². The van der Waals surface area contributed by atoms with Crippen molar-refractivity contribution in [3.63, 3.8) is 0 Å². The molecule has 11 heteroatoms. The van der Waals surface area contributed by atoms with Gasteiger partial charge in [0.15, 0.2) is 26.8 Å². The van der Waals surface area contributed by atoms with E-state index in [1.807, 2.05) is 91.0 Å². The summed E-state index contributed by atoms with van der Waals surface area (Å²) in [7, 11) is -2.52. The molecule has 7 fully saturated rings. The zero-order chi connectivity index (χ0) is 45.6. The van der Waals surface area contributed by atoms with Crippen LogP contribution in [0.2, 0.25) is 18.1 Å². The molecule has 4 aliphatic heterocycles. The Balaban J connectivity index is 1.01. The summed E-state index contributed by atoms with van der Waals surface area (Å²) in [6, 6.07) is 29.7. The topological polar surface area (TPSA) is 108 Å². The maximum Gasteiger partial charge on any atom is 0.318 e. The Morgan fingerprint density at radius 1 is 0.877 bits per heavy atom. The number of ether oxygens (including phenoxy) is 7. The number of carbonyl (C=O) groups is 2. The molecule has 13 atom stereocenters. The van der Waals surface area contributed by atoms with Crippen molar-refractivity contribution in [1.82, 2.24) is 0 Å². The molecule has 0 N–H and O–H groups in total. The quantitative estimate of drug-likeness (QED) is 0.0427. The lowest BCUT2D eigenvalue weighted by molar-refractivity contribution is -0.445. The second kappa shape index (κ2) is 16.5.